The third-order valence-corrected chi connectivity index (χ3v) is 8.24. The zero-order chi connectivity index (χ0) is 21.3. The molecule has 1 aromatic carbocycles. The second kappa shape index (κ2) is 8.67. The number of anilines is 1. The summed E-state index contributed by atoms with van der Waals surface area (Å²) in [4.78, 5) is 29.7. The highest BCUT2D eigenvalue weighted by atomic mass is 32.2. The SMILES string of the molecule is CCc1ccccc1N1C[C@H](C(=O)N(C[C@@H]2CCCO2)[C@@H]2CCS(=O)(=O)C2)CC1=O. The Kier molecular flexibility index (Phi) is 6.16. The molecule has 3 heterocycles. The summed E-state index contributed by atoms with van der Waals surface area (Å²) in [7, 11) is -3.12. The minimum Gasteiger partial charge on any atom is -0.376 e. The lowest BCUT2D eigenvalue weighted by molar-refractivity contribution is -0.139. The van der Waals surface area contributed by atoms with E-state index in [9.17, 15) is 18.0 Å². The smallest absolute Gasteiger partial charge is 0.228 e. The Morgan fingerprint density at radius 2 is 2.07 bits per heavy atom. The molecule has 3 atom stereocenters. The molecular weight excluding hydrogens is 404 g/mol. The van der Waals surface area contributed by atoms with Gasteiger partial charge in [0.05, 0.1) is 23.5 Å². The summed E-state index contributed by atoms with van der Waals surface area (Å²) in [6, 6.07) is 7.47. The molecule has 0 radical (unpaired) electrons. The Balaban J connectivity index is 1.53. The number of sulfone groups is 1. The second-order valence-corrected chi connectivity index (χ2v) is 10.8. The monoisotopic (exact) mass is 434 g/mol. The Morgan fingerprint density at radius 3 is 2.73 bits per heavy atom. The Labute approximate surface area is 178 Å². The van der Waals surface area contributed by atoms with E-state index in [0.717, 1.165) is 30.5 Å². The molecule has 3 aliphatic rings. The molecule has 3 aliphatic heterocycles. The maximum atomic E-state index is 13.5. The van der Waals surface area contributed by atoms with Crippen molar-refractivity contribution < 1.29 is 22.7 Å². The van der Waals surface area contributed by atoms with Gasteiger partial charge in [0.15, 0.2) is 9.84 Å². The fraction of sp³-hybridized carbons (Fsp3) is 0.636. The van der Waals surface area contributed by atoms with E-state index >= 15 is 0 Å². The highest BCUT2D eigenvalue weighted by Crippen LogP contribution is 2.31. The van der Waals surface area contributed by atoms with Crippen molar-refractivity contribution >= 4 is 27.3 Å². The number of ether oxygens (including phenoxy) is 1. The summed E-state index contributed by atoms with van der Waals surface area (Å²) >= 11 is 0. The molecule has 0 unspecified atom stereocenters. The molecule has 4 rings (SSSR count). The highest BCUT2D eigenvalue weighted by Gasteiger charge is 2.42. The van der Waals surface area contributed by atoms with Crippen molar-refractivity contribution in [3.05, 3.63) is 29.8 Å². The van der Waals surface area contributed by atoms with Crippen LogP contribution in [-0.4, -0.2) is 68.5 Å². The normalized spacial score (nSPS) is 28.2. The number of carbonyl (C=O) groups excluding carboxylic acids is 2. The van der Waals surface area contributed by atoms with Crippen LogP contribution >= 0.6 is 0 Å². The Morgan fingerprint density at radius 1 is 1.27 bits per heavy atom. The minimum atomic E-state index is -3.12. The Bertz CT molecular complexity index is 910. The summed E-state index contributed by atoms with van der Waals surface area (Å²) < 4.78 is 29.8. The average Bonchev–Trinajstić information content (AvgIpc) is 3.46. The standard InChI is InChI=1S/C22H30N2O5S/c1-2-16-6-3-4-8-20(16)24-13-17(12-21(24)25)22(26)23(14-19-7-5-10-29-19)18-9-11-30(27,28)15-18/h3-4,6,8,17-19H,2,5,7,9-15H2,1H3/t17-,18-,19+/m1/s1. The highest BCUT2D eigenvalue weighted by molar-refractivity contribution is 7.91. The quantitative estimate of drug-likeness (QED) is 0.682. The molecule has 0 aromatic heterocycles. The molecule has 0 aliphatic carbocycles. The predicted octanol–water partition coefficient (Wildman–Crippen LogP) is 1.80. The molecule has 0 bridgehead atoms. The number of hydrogen-bond donors (Lipinski definition) is 0. The third kappa shape index (κ3) is 4.39. The predicted molar refractivity (Wildman–Crippen MR) is 114 cm³/mol. The maximum Gasteiger partial charge on any atom is 0.228 e. The van der Waals surface area contributed by atoms with Crippen molar-refractivity contribution in [1.29, 1.82) is 0 Å². The molecule has 2 amide bonds. The van der Waals surface area contributed by atoms with Gasteiger partial charge in [0.1, 0.15) is 0 Å². The van der Waals surface area contributed by atoms with Crippen LogP contribution in [-0.2, 0) is 30.6 Å². The zero-order valence-electron chi connectivity index (χ0n) is 17.5. The van der Waals surface area contributed by atoms with Gasteiger partial charge in [-0.05, 0) is 37.3 Å². The van der Waals surface area contributed by atoms with Crippen LogP contribution in [0, 0.1) is 5.92 Å². The first-order valence-electron chi connectivity index (χ1n) is 10.9. The lowest BCUT2D eigenvalue weighted by Crippen LogP contribution is -2.48. The summed E-state index contributed by atoms with van der Waals surface area (Å²) in [6.45, 7) is 3.48. The average molecular weight is 435 g/mol. The molecule has 3 saturated heterocycles. The van der Waals surface area contributed by atoms with Crippen LogP contribution in [0.5, 0.6) is 0 Å². The summed E-state index contributed by atoms with van der Waals surface area (Å²) in [5.74, 6) is -0.490. The van der Waals surface area contributed by atoms with Gasteiger partial charge in [0.2, 0.25) is 11.8 Å². The maximum absolute atomic E-state index is 13.5. The molecule has 30 heavy (non-hydrogen) atoms. The number of aryl methyl sites for hydroxylation is 1. The van der Waals surface area contributed by atoms with Crippen molar-refractivity contribution in [3.63, 3.8) is 0 Å². The topological polar surface area (TPSA) is 84.0 Å². The van der Waals surface area contributed by atoms with E-state index in [1.54, 1.807) is 9.80 Å². The Hall–Kier alpha value is -1.93. The van der Waals surface area contributed by atoms with Gasteiger partial charge in [-0.25, -0.2) is 8.42 Å². The van der Waals surface area contributed by atoms with Gasteiger partial charge in [0, 0.05) is 37.8 Å². The number of hydrogen-bond acceptors (Lipinski definition) is 5. The van der Waals surface area contributed by atoms with Crippen molar-refractivity contribution in [2.24, 2.45) is 5.92 Å². The van der Waals surface area contributed by atoms with Crippen molar-refractivity contribution in [2.75, 3.05) is 36.1 Å². The number of amides is 2. The van der Waals surface area contributed by atoms with Crippen LogP contribution < -0.4 is 4.90 Å². The molecule has 0 N–H and O–H groups in total. The first kappa shape index (κ1) is 21.3. The van der Waals surface area contributed by atoms with Gasteiger partial charge < -0.3 is 14.5 Å². The molecule has 8 heteroatoms. The van der Waals surface area contributed by atoms with Gasteiger partial charge in [-0.15, -0.1) is 0 Å². The third-order valence-electron chi connectivity index (χ3n) is 6.49. The molecule has 1 aromatic rings. The lowest BCUT2D eigenvalue weighted by Gasteiger charge is -2.32. The molecule has 3 fully saturated rings. The number of para-hydroxylation sites is 1. The van der Waals surface area contributed by atoms with Gasteiger partial charge in [-0.1, -0.05) is 25.1 Å². The summed E-state index contributed by atoms with van der Waals surface area (Å²) in [5.41, 5.74) is 1.95. The van der Waals surface area contributed by atoms with E-state index in [1.807, 2.05) is 31.2 Å². The van der Waals surface area contributed by atoms with Crippen LogP contribution in [0.4, 0.5) is 5.69 Å². The second-order valence-electron chi connectivity index (χ2n) is 8.57. The lowest BCUT2D eigenvalue weighted by atomic mass is 10.0. The van der Waals surface area contributed by atoms with Crippen molar-refractivity contribution in [2.45, 2.75) is 51.2 Å². The van der Waals surface area contributed by atoms with Crippen LogP contribution in [0.2, 0.25) is 0 Å². The van der Waals surface area contributed by atoms with E-state index in [4.69, 9.17) is 4.74 Å². The largest absolute Gasteiger partial charge is 0.376 e. The van der Waals surface area contributed by atoms with Crippen LogP contribution in [0.1, 0.15) is 38.2 Å². The van der Waals surface area contributed by atoms with Crippen LogP contribution in [0.3, 0.4) is 0 Å². The fourth-order valence-corrected chi connectivity index (χ4v) is 6.59. The molecule has 7 nitrogen and oxygen atoms in total. The van der Waals surface area contributed by atoms with E-state index in [-0.39, 0.29) is 41.9 Å². The van der Waals surface area contributed by atoms with Gasteiger partial charge in [-0.2, -0.15) is 0 Å². The first-order chi connectivity index (χ1) is 14.4. The van der Waals surface area contributed by atoms with Crippen molar-refractivity contribution in [1.82, 2.24) is 4.90 Å². The van der Waals surface area contributed by atoms with Crippen LogP contribution in [0.25, 0.3) is 0 Å². The van der Waals surface area contributed by atoms with Crippen molar-refractivity contribution in [3.8, 4) is 0 Å². The molecular formula is C22H30N2O5S. The molecule has 0 spiro atoms. The minimum absolute atomic E-state index is 0.00844. The zero-order valence-corrected chi connectivity index (χ0v) is 18.3. The van der Waals surface area contributed by atoms with Crippen LogP contribution in [0.15, 0.2) is 24.3 Å². The molecule has 164 valence electrons. The van der Waals surface area contributed by atoms with E-state index in [1.165, 1.54) is 0 Å². The number of benzene rings is 1. The summed E-state index contributed by atoms with van der Waals surface area (Å²) in [6.07, 6.45) is 3.22. The van der Waals surface area contributed by atoms with Gasteiger partial charge in [0.25, 0.3) is 0 Å². The van der Waals surface area contributed by atoms with E-state index in [2.05, 4.69) is 0 Å². The van der Waals surface area contributed by atoms with E-state index in [0.29, 0.717) is 26.1 Å². The number of carbonyl (C=O) groups is 2. The summed E-state index contributed by atoms with van der Waals surface area (Å²) in [5, 5.41) is 0. The van der Waals surface area contributed by atoms with Gasteiger partial charge in [-0.3, -0.25) is 9.59 Å². The van der Waals surface area contributed by atoms with E-state index < -0.39 is 15.8 Å². The fourth-order valence-electron chi connectivity index (χ4n) is 4.86. The number of nitrogens with zero attached hydrogens (tertiary/aromatic N) is 2. The van der Waals surface area contributed by atoms with Gasteiger partial charge >= 0.3 is 0 Å². The first-order valence-corrected chi connectivity index (χ1v) is 12.7. The molecule has 0 saturated carbocycles. The number of rotatable bonds is 6.